The number of likely N-dealkylation sites (N-methyl/N-ethyl adjacent to an activating group) is 1. The maximum Gasteiger partial charge on any atom is 0.204 e. The average molecular weight is 252 g/mol. The van der Waals surface area contributed by atoms with E-state index in [2.05, 4.69) is 38.3 Å². The summed E-state index contributed by atoms with van der Waals surface area (Å²) < 4.78 is 3.60. The van der Waals surface area contributed by atoms with E-state index in [0.717, 1.165) is 25.9 Å². The van der Waals surface area contributed by atoms with Gasteiger partial charge in [0, 0.05) is 13.1 Å². The molecule has 0 bridgehead atoms. The lowest BCUT2D eigenvalue weighted by molar-refractivity contribution is -0.115. The van der Waals surface area contributed by atoms with Crippen molar-refractivity contribution in [1.82, 2.24) is 8.61 Å². The molecule has 82 valence electrons. The minimum atomic E-state index is -0.211. The predicted molar refractivity (Wildman–Crippen MR) is 67.8 cm³/mol. The first-order valence-electron chi connectivity index (χ1n) is 4.60. The number of carbonyl (C=O) groups is 1. The fourth-order valence-electron chi connectivity index (χ4n) is 1.91. The number of piperidine rings is 1. The second kappa shape index (κ2) is 5.65. The van der Waals surface area contributed by atoms with Gasteiger partial charge in [-0.1, -0.05) is 25.6 Å². The van der Waals surface area contributed by atoms with Gasteiger partial charge in [-0.05, 0) is 25.8 Å². The van der Waals surface area contributed by atoms with Crippen molar-refractivity contribution in [1.29, 1.82) is 0 Å². The maximum absolute atomic E-state index is 11.3. The summed E-state index contributed by atoms with van der Waals surface area (Å²) in [4.78, 5) is 11.3. The number of carbonyl (C=O) groups excluding carboxylic acids is 1. The van der Waals surface area contributed by atoms with E-state index in [0.29, 0.717) is 0 Å². The second-order valence-electron chi connectivity index (χ2n) is 3.67. The highest BCUT2D eigenvalue weighted by molar-refractivity contribution is 7.96. The Hall–Kier alpha value is 0.640. The summed E-state index contributed by atoms with van der Waals surface area (Å²) in [5.41, 5.74) is 0. The number of hydrogen-bond acceptors (Lipinski definition) is 5. The van der Waals surface area contributed by atoms with E-state index in [1.165, 1.54) is 0 Å². The smallest absolute Gasteiger partial charge is 0.204 e. The number of hydrogen-bond donors (Lipinski definition) is 3. The zero-order valence-electron chi connectivity index (χ0n) is 8.13. The van der Waals surface area contributed by atoms with E-state index < -0.39 is 0 Å². The highest BCUT2D eigenvalue weighted by atomic mass is 32.1. The molecule has 0 saturated carbocycles. The molecule has 3 nitrogen and oxygen atoms in total. The van der Waals surface area contributed by atoms with E-state index in [-0.39, 0.29) is 17.1 Å². The van der Waals surface area contributed by atoms with Crippen LogP contribution in [-0.4, -0.2) is 39.9 Å². The standard InChI is InChI=1S/C8H16N2OS3/c1-9(13)7(8(11)12)6-3-2-4-10(14)5-6/h6-7,13-14H,2-5H2,1H3,(H,11,12). The minimum Gasteiger partial charge on any atom is -0.286 e. The van der Waals surface area contributed by atoms with Crippen molar-refractivity contribution < 1.29 is 4.79 Å². The Labute approximate surface area is 102 Å². The molecule has 0 radical (unpaired) electrons. The lowest BCUT2D eigenvalue weighted by atomic mass is 9.92. The lowest BCUT2D eigenvalue weighted by Gasteiger charge is -2.35. The zero-order valence-corrected chi connectivity index (χ0v) is 10.8. The van der Waals surface area contributed by atoms with E-state index in [9.17, 15) is 4.79 Å². The molecule has 0 aromatic heterocycles. The van der Waals surface area contributed by atoms with Crippen LogP contribution >= 0.6 is 38.3 Å². The fourth-order valence-corrected chi connectivity index (χ4v) is 3.03. The second-order valence-corrected chi connectivity index (χ2v) is 5.31. The molecule has 0 aromatic rings. The van der Waals surface area contributed by atoms with Gasteiger partial charge in [0.05, 0.1) is 6.04 Å². The zero-order chi connectivity index (χ0) is 10.7. The van der Waals surface area contributed by atoms with Gasteiger partial charge in [0.25, 0.3) is 0 Å². The summed E-state index contributed by atoms with van der Waals surface area (Å²) in [6.45, 7) is 1.81. The predicted octanol–water partition coefficient (Wildman–Crippen LogP) is 1.14. The lowest BCUT2D eigenvalue weighted by Crippen LogP contribution is -2.44. The molecule has 1 heterocycles. The fraction of sp³-hybridized carbons (Fsp3) is 0.875. The van der Waals surface area contributed by atoms with Crippen molar-refractivity contribution in [3.05, 3.63) is 0 Å². The number of thiol groups is 3. The Morgan fingerprint density at radius 3 is 2.71 bits per heavy atom. The van der Waals surface area contributed by atoms with Gasteiger partial charge in [0.15, 0.2) is 0 Å². The van der Waals surface area contributed by atoms with Crippen molar-refractivity contribution in [2.75, 3.05) is 20.1 Å². The SMILES string of the molecule is CN(S)C(C(=O)S)C1CCCN(S)C1. The third-order valence-electron chi connectivity index (χ3n) is 2.54. The molecule has 1 saturated heterocycles. The van der Waals surface area contributed by atoms with E-state index in [1.807, 2.05) is 4.31 Å². The Balaban J connectivity index is 2.63. The van der Waals surface area contributed by atoms with Crippen LogP contribution in [0.4, 0.5) is 0 Å². The Kier molecular flexibility index (Phi) is 5.13. The molecule has 0 amide bonds. The summed E-state index contributed by atoms with van der Waals surface area (Å²) >= 11 is 12.4. The van der Waals surface area contributed by atoms with Crippen LogP contribution in [0.15, 0.2) is 0 Å². The molecule has 14 heavy (non-hydrogen) atoms. The van der Waals surface area contributed by atoms with Crippen molar-refractivity contribution in [3.63, 3.8) is 0 Å². The quantitative estimate of drug-likeness (QED) is 0.657. The Morgan fingerprint density at radius 2 is 2.29 bits per heavy atom. The summed E-state index contributed by atoms with van der Waals surface area (Å²) in [7, 11) is 1.79. The molecule has 1 aliphatic heterocycles. The highest BCUT2D eigenvalue weighted by Gasteiger charge is 2.31. The first-order chi connectivity index (χ1) is 6.52. The van der Waals surface area contributed by atoms with Gasteiger partial charge in [-0.25, -0.2) is 4.31 Å². The molecule has 0 N–H and O–H groups in total. The van der Waals surface area contributed by atoms with Crippen LogP contribution in [0.25, 0.3) is 0 Å². The molecule has 2 atom stereocenters. The van der Waals surface area contributed by atoms with Gasteiger partial charge in [-0.15, -0.1) is 12.6 Å². The Bertz CT molecular complexity index is 213. The first-order valence-corrected chi connectivity index (χ1v) is 5.85. The van der Waals surface area contributed by atoms with Gasteiger partial charge in [-0.3, -0.25) is 9.10 Å². The summed E-state index contributed by atoms with van der Waals surface area (Å²) in [5, 5.41) is -0.115. The third kappa shape index (κ3) is 3.34. The molecule has 1 aliphatic rings. The van der Waals surface area contributed by atoms with Gasteiger partial charge in [-0.2, -0.15) is 0 Å². The van der Waals surface area contributed by atoms with E-state index in [1.54, 1.807) is 11.4 Å². The molecule has 0 aromatic carbocycles. The van der Waals surface area contributed by atoms with Crippen molar-refractivity contribution in [3.8, 4) is 0 Å². The van der Waals surface area contributed by atoms with Crippen LogP contribution in [0.1, 0.15) is 12.8 Å². The van der Waals surface area contributed by atoms with Gasteiger partial charge >= 0.3 is 0 Å². The van der Waals surface area contributed by atoms with Gasteiger partial charge in [0.2, 0.25) is 5.12 Å². The summed E-state index contributed by atoms with van der Waals surface area (Å²) in [6, 6.07) is -0.211. The van der Waals surface area contributed by atoms with E-state index >= 15 is 0 Å². The van der Waals surface area contributed by atoms with Crippen LogP contribution in [0.5, 0.6) is 0 Å². The molecular weight excluding hydrogens is 236 g/mol. The normalized spacial score (nSPS) is 26.5. The minimum absolute atomic E-state index is 0.115. The maximum atomic E-state index is 11.3. The molecule has 1 rings (SSSR count). The van der Waals surface area contributed by atoms with Crippen LogP contribution in [0.3, 0.4) is 0 Å². The van der Waals surface area contributed by atoms with Crippen LogP contribution in [0, 0.1) is 5.92 Å². The highest BCUT2D eigenvalue weighted by Crippen LogP contribution is 2.25. The molecular formula is C8H16N2OS3. The van der Waals surface area contributed by atoms with Crippen molar-refractivity contribution in [2.24, 2.45) is 5.92 Å². The van der Waals surface area contributed by atoms with Crippen LogP contribution in [-0.2, 0) is 4.79 Å². The summed E-state index contributed by atoms with van der Waals surface area (Å²) in [5.74, 6) is 0.286. The van der Waals surface area contributed by atoms with Crippen LogP contribution < -0.4 is 0 Å². The average Bonchev–Trinajstić information content (AvgIpc) is 2.02. The molecule has 6 heteroatoms. The Morgan fingerprint density at radius 1 is 1.64 bits per heavy atom. The van der Waals surface area contributed by atoms with Crippen molar-refractivity contribution >= 4 is 43.4 Å². The summed E-state index contributed by atoms with van der Waals surface area (Å²) in [6.07, 6.45) is 2.12. The molecule has 0 aliphatic carbocycles. The van der Waals surface area contributed by atoms with Crippen LogP contribution in [0.2, 0.25) is 0 Å². The topological polar surface area (TPSA) is 23.6 Å². The number of rotatable bonds is 3. The largest absolute Gasteiger partial charge is 0.286 e. The molecule has 0 spiro atoms. The van der Waals surface area contributed by atoms with Gasteiger partial charge < -0.3 is 0 Å². The van der Waals surface area contributed by atoms with E-state index in [4.69, 9.17) is 0 Å². The first kappa shape index (κ1) is 12.7. The van der Waals surface area contributed by atoms with Crippen molar-refractivity contribution in [2.45, 2.75) is 18.9 Å². The monoisotopic (exact) mass is 252 g/mol. The number of nitrogens with zero attached hydrogens (tertiary/aromatic N) is 2. The van der Waals surface area contributed by atoms with Gasteiger partial charge in [0.1, 0.15) is 0 Å². The molecule has 1 fully saturated rings. The molecule has 2 unspecified atom stereocenters. The third-order valence-corrected chi connectivity index (χ3v) is 3.42.